The van der Waals surface area contributed by atoms with Gasteiger partial charge in [0.05, 0.1) is 6.33 Å². The van der Waals surface area contributed by atoms with Crippen LogP contribution in [0.15, 0.2) is 11.1 Å². The summed E-state index contributed by atoms with van der Waals surface area (Å²) in [4.78, 5) is 31.0. The number of rotatable bonds is 4. The number of aromatic nitrogens is 2. The van der Waals surface area contributed by atoms with Gasteiger partial charge >= 0.3 is 0 Å². The van der Waals surface area contributed by atoms with Crippen LogP contribution >= 0.6 is 0 Å². The predicted octanol–water partition coefficient (Wildman–Crippen LogP) is 2.68. The molecule has 1 aliphatic carbocycles. The van der Waals surface area contributed by atoms with Crippen molar-refractivity contribution in [2.24, 2.45) is 11.8 Å². The molecule has 2 aliphatic rings. The van der Waals surface area contributed by atoms with Crippen LogP contribution < -0.4 is 5.56 Å². The molecule has 2 heterocycles. The summed E-state index contributed by atoms with van der Waals surface area (Å²) in [7, 11) is 0. The lowest BCUT2D eigenvalue weighted by Gasteiger charge is -2.33. The number of nitrogens with zero attached hydrogens (tertiary/aromatic N) is 3. The fourth-order valence-corrected chi connectivity index (χ4v) is 4.04. The molecule has 132 valence electrons. The summed E-state index contributed by atoms with van der Waals surface area (Å²) in [5, 5.41) is 0. The predicted molar refractivity (Wildman–Crippen MR) is 93.9 cm³/mol. The van der Waals surface area contributed by atoms with Gasteiger partial charge in [-0.1, -0.05) is 12.8 Å². The summed E-state index contributed by atoms with van der Waals surface area (Å²) in [6, 6.07) is 0. The Balaban J connectivity index is 1.51. The van der Waals surface area contributed by atoms with Crippen molar-refractivity contribution >= 4 is 5.91 Å². The van der Waals surface area contributed by atoms with Gasteiger partial charge in [-0.05, 0) is 51.4 Å². The number of carbonyl (C=O) groups is 1. The molecule has 1 amide bonds. The molecule has 1 saturated carbocycles. The van der Waals surface area contributed by atoms with Crippen LogP contribution in [0.5, 0.6) is 0 Å². The molecule has 0 aromatic carbocycles. The van der Waals surface area contributed by atoms with Crippen molar-refractivity contribution in [2.45, 2.75) is 65.3 Å². The van der Waals surface area contributed by atoms with Crippen LogP contribution in [-0.4, -0.2) is 33.4 Å². The first kappa shape index (κ1) is 17.2. The number of hydrogen-bond donors (Lipinski definition) is 0. The SMILES string of the molecule is Cc1ncn(CC2CCN(C(=O)CC3CCCC3)CC2)c(=O)c1C. The van der Waals surface area contributed by atoms with E-state index in [4.69, 9.17) is 0 Å². The number of carbonyl (C=O) groups excluding carboxylic acids is 1. The summed E-state index contributed by atoms with van der Waals surface area (Å²) in [6.45, 7) is 6.10. The first-order valence-electron chi connectivity index (χ1n) is 9.35. The van der Waals surface area contributed by atoms with Gasteiger partial charge in [0, 0.05) is 37.3 Å². The number of piperidine rings is 1. The standard InChI is InChI=1S/C19H29N3O2/c1-14-15(2)20-13-22(19(14)24)12-17-7-9-21(10-8-17)18(23)11-16-5-3-4-6-16/h13,16-17H,3-12H2,1-2H3. The Labute approximate surface area is 144 Å². The van der Waals surface area contributed by atoms with Gasteiger partial charge in [0.2, 0.25) is 5.91 Å². The topological polar surface area (TPSA) is 55.2 Å². The Bertz CT molecular complexity index is 639. The largest absolute Gasteiger partial charge is 0.343 e. The minimum Gasteiger partial charge on any atom is -0.343 e. The fourth-order valence-electron chi connectivity index (χ4n) is 4.04. The molecule has 1 aliphatic heterocycles. The van der Waals surface area contributed by atoms with Gasteiger partial charge in [0.1, 0.15) is 0 Å². The maximum atomic E-state index is 12.4. The van der Waals surface area contributed by atoms with E-state index in [0.717, 1.165) is 50.2 Å². The van der Waals surface area contributed by atoms with Crippen molar-refractivity contribution in [3.05, 3.63) is 27.9 Å². The van der Waals surface area contributed by atoms with Gasteiger partial charge in [0.25, 0.3) is 5.56 Å². The minimum atomic E-state index is 0.0715. The van der Waals surface area contributed by atoms with Gasteiger partial charge in [0.15, 0.2) is 0 Å². The molecule has 3 rings (SSSR count). The molecular weight excluding hydrogens is 302 g/mol. The quantitative estimate of drug-likeness (QED) is 0.852. The third-order valence-corrected chi connectivity index (χ3v) is 5.88. The highest BCUT2D eigenvalue weighted by Gasteiger charge is 2.26. The molecule has 24 heavy (non-hydrogen) atoms. The van der Waals surface area contributed by atoms with Crippen LogP contribution in [0.1, 0.15) is 56.2 Å². The molecule has 2 fully saturated rings. The molecular formula is C19H29N3O2. The number of hydrogen-bond acceptors (Lipinski definition) is 3. The van der Waals surface area contributed by atoms with Gasteiger partial charge in [-0.3, -0.25) is 14.2 Å². The van der Waals surface area contributed by atoms with E-state index >= 15 is 0 Å². The highest BCUT2D eigenvalue weighted by atomic mass is 16.2. The molecule has 0 N–H and O–H groups in total. The Hall–Kier alpha value is -1.65. The number of likely N-dealkylation sites (tertiary alicyclic amines) is 1. The molecule has 0 atom stereocenters. The van der Waals surface area contributed by atoms with Crippen molar-refractivity contribution in [3.8, 4) is 0 Å². The lowest BCUT2D eigenvalue weighted by molar-refractivity contribution is -0.133. The van der Waals surface area contributed by atoms with E-state index < -0.39 is 0 Å². The Morgan fingerprint density at radius 1 is 1.12 bits per heavy atom. The van der Waals surface area contributed by atoms with E-state index in [-0.39, 0.29) is 5.56 Å². The van der Waals surface area contributed by atoms with Crippen LogP contribution in [0, 0.1) is 25.7 Å². The monoisotopic (exact) mass is 331 g/mol. The average molecular weight is 331 g/mol. The highest BCUT2D eigenvalue weighted by Crippen LogP contribution is 2.29. The van der Waals surface area contributed by atoms with Crippen molar-refractivity contribution < 1.29 is 4.79 Å². The Morgan fingerprint density at radius 3 is 2.46 bits per heavy atom. The molecule has 5 heteroatoms. The minimum absolute atomic E-state index is 0.0715. The number of aryl methyl sites for hydroxylation is 1. The van der Waals surface area contributed by atoms with E-state index in [1.54, 1.807) is 10.9 Å². The van der Waals surface area contributed by atoms with Crippen molar-refractivity contribution in [1.82, 2.24) is 14.5 Å². The summed E-state index contributed by atoms with van der Waals surface area (Å²) in [6.07, 6.45) is 9.41. The first-order valence-corrected chi connectivity index (χ1v) is 9.35. The molecule has 5 nitrogen and oxygen atoms in total. The summed E-state index contributed by atoms with van der Waals surface area (Å²) < 4.78 is 1.74. The van der Waals surface area contributed by atoms with Crippen LogP contribution in [0.2, 0.25) is 0 Å². The first-order chi connectivity index (χ1) is 11.5. The fraction of sp³-hybridized carbons (Fsp3) is 0.737. The van der Waals surface area contributed by atoms with E-state index in [9.17, 15) is 9.59 Å². The van der Waals surface area contributed by atoms with Crippen LogP contribution in [0.4, 0.5) is 0 Å². The smallest absolute Gasteiger partial charge is 0.256 e. The van der Waals surface area contributed by atoms with Gasteiger partial charge in [-0.25, -0.2) is 4.98 Å². The zero-order valence-corrected chi connectivity index (χ0v) is 15.0. The van der Waals surface area contributed by atoms with Crippen LogP contribution in [0.3, 0.4) is 0 Å². The lowest BCUT2D eigenvalue weighted by atomic mass is 9.95. The van der Waals surface area contributed by atoms with E-state index in [1.165, 1.54) is 25.7 Å². The Kier molecular flexibility index (Phi) is 5.36. The zero-order chi connectivity index (χ0) is 17.1. The molecule has 1 aromatic rings. The summed E-state index contributed by atoms with van der Waals surface area (Å²) in [5.41, 5.74) is 1.62. The van der Waals surface area contributed by atoms with Gasteiger partial charge < -0.3 is 4.90 Å². The van der Waals surface area contributed by atoms with Crippen molar-refractivity contribution in [3.63, 3.8) is 0 Å². The molecule has 0 radical (unpaired) electrons. The maximum Gasteiger partial charge on any atom is 0.256 e. The second-order valence-corrected chi connectivity index (χ2v) is 7.59. The summed E-state index contributed by atoms with van der Waals surface area (Å²) in [5.74, 6) is 1.42. The second kappa shape index (κ2) is 7.49. The van der Waals surface area contributed by atoms with Crippen molar-refractivity contribution in [1.29, 1.82) is 0 Å². The summed E-state index contributed by atoms with van der Waals surface area (Å²) >= 11 is 0. The second-order valence-electron chi connectivity index (χ2n) is 7.59. The Morgan fingerprint density at radius 2 is 1.79 bits per heavy atom. The van der Waals surface area contributed by atoms with Gasteiger partial charge in [-0.15, -0.1) is 0 Å². The van der Waals surface area contributed by atoms with Crippen LogP contribution in [0.25, 0.3) is 0 Å². The highest BCUT2D eigenvalue weighted by molar-refractivity contribution is 5.76. The van der Waals surface area contributed by atoms with E-state index in [0.29, 0.717) is 17.7 Å². The molecule has 1 aromatic heterocycles. The van der Waals surface area contributed by atoms with E-state index in [1.807, 2.05) is 18.7 Å². The lowest BCUT2D eigenvalue weighted by Crippen LogP contribution is -2.40. The molecule has 0 spiro atoms. The molecule has 1 saturated heterocycles. The normalized spacial score (nSPS) is 19.8. The average Bonchev–Trinajstić information content (AvgIpc) is 3.09. The maximum absolute atomic E-state index is 12.4. The number of amides is 1. The molecule has 0 bridgehead atoms. The third-order valence-electron chi connectivity index (χ3n) is 5.88. The van der Waals surface area contributed by atoms with E-state index in [2.05, 4.69) is 4.98 Å². The van der Waals surface area contributed by atoms with Crippen LogP contribution in [-0.2, 0) is 11.3 Å². The zero-order valence-electron chi connectivity index (χ0n) is 15.0. The third kappa shape index (κ3) is 3.87. The molecule has 0 unspecified atom stereocenters. The van der Waals surface area contributed by atoms with Crippen molar-refractivity contribution in [2.75, 3.05) is 13.1 Å². The van der Waals surface area contributed by atoms with Gasteiger partial charge in [-0.2, -0.15) is 0 Å².